The standard InChI is InChI=1S/C17H21F3N2O3/c1-9-4-5-14(10(2)6-9)21-15(23)11(3)22-7-12(16(24)25)13(8-22)17(18,19)20/h4-6,11-13H,7-8H2,1-3H3,(H,21,23)(H,24,25)/t11?,12-,13-/m1/s1. The number of carboxylic acid groups (broad SMARTS) is 1. The van der Waals surface area contributed by atoms with Gasteiger partial charge in [-0.1, -0.05) is 17.7 Å². The van der Waals surface area contributed by atoms with E-state index in [1.165, 1.54) is 11.8 Å². The molecule has 0 aliphatic carbocycles. The second-order valence-corrected chi connectivity index (χ2v) is 6.53. The van der Waals surface area contributed by atoms with Crippen molar-refractivity contribution >= 4 is 17.6 Å². The summed E-state index contributed by atoms with van der Waals surface area (Å²) in [5.74, 6) is -5.48. The van der Waals surface area contributed by atoms with E-state index in [1.807, 2.05) is 26.0 Å². The van der Waals surface area contributed by atoms with E-state index in [4.69, 9.17) is 5.11 Å². The van der Waals surface area contributed by atoms with Crippen LogP contribution in [0.15, 0.2) is 18.2 Å². The van der Waals surface area contributed by atoms with Crippen molar-refractivity contribution in [2.45, 2.75) is 33.0 Å². The molecule has 0 aromatic heterocycles. The van der Waals surface area contributed by atoms with E-state index in [-0.39, 0.29) is 6.54 Å². The van der Waals surface area contributed by atoms with Gasteiger partial charge >= 0.3 is 12.1 Å². The minimum absolute atomic E-state index is 0.305. The Labute approximate surface area is 143 Å². The van der Waals surface area contributed by atoms with Gasteiger partial charge in [0.2, 0.25) is 5.91 Å². The number of nitrogens with zero attached hydrogens (tertiary/aromatic N) is 1. The number of hydrogen-bond donors (Lipinski definition) is 2. The highest BCUT2D eigenvalue weighted by molar-refractivity contribution is 5.95. The molecule has 2 rings (SSSR count). The van der Waals surface area contributed by atoms with Gasteiger partial charge in [0.1, 0.15) is 0 Å². The summed E-state index contributed by atoms with van der Waals surface area (Å²) >= 11 is 0. The first-order valence-corrected chi connectivity index (χ1v) is 7.92. The molecule has 0 spiro atoms. The number of likely N-dealkylation sites (tertiary alicyclic amines) is 1. The van der Waals surface area contributed by atoms with Crippen LogP contribution in [0.4, 0.5) is 18.9 Å². The molecule has 5 nitrogen and oxygen atoms in total. The van der Waals surface area contributed by atoms with Gasteiger partial charge in [-0.2, -0.15) is 13.2 Å². The van der Waals surface area contributed by atoms with Crippen LogP contribution in [0.2, 0.25) is 0 Å². The fourth-order valence-electron chi connectivity index (χ4n) is 3.09. The fourth-order valence-corrected chi connectivity index (χ4v) is 3.09. The number of halogens is 3. The lowest BCUT2D eigenvalue weighted by atomic mass is 9.96. The molecule has 0 bridgehead atoms. The topological polar surface area (TPSA) is 69.6 Å². The number of carbonyl (C=O) groups is 2. The molecule has 1 aliphatic heterocycles. The summed E-state index contributed by atoms with van der Waals surface area (Å²) in [6, 6.07) is 4.58. The van der Waals surface area contributed by atoms with Crippen molar-refractivity contribution in [1.29, 1.82) is 0 Å². The Morgan fingerprint density at radius 1 is 1.28 bits per heavy atom. The molecule has 1 unspecified atom stereocenters. The summed E-state index contributed by atoms with van der Waals surface area (Å²) in [7, 11) is 0. The number of anilines is 1. The van der Waals surface area contributed by atoms with Crippen LogP contribution in [0.5, 0.6) is 0 Å². The average Bonchev–Trinajstić information content (AvgIpc) is 2.94. The van der Waals surface area contributed by atoms with Crippen molar-refractivity contribution in [3.8, 4) is 0 Å². The van der Waals surface area contributed by atoms with E-state index in [0.29, 0.717) is 5.69 Å². The number of amides is 1. The van der Waals surface area contributed by atoms with Gasteiger partial charge < -0.3 is 10.4 Å². The summed E-state index contributed by atoms with van der Waals surface area (Å²) in [5, 5.41) is 11.8. The maximum absolute atomic E-state index is 13.1. The number of nitrogens with one attached hydrogen (secondary N) is 1. The van der Waals surface area contributed by atoms with Gasteiger partial charge in [-0.05, 0) is 32.4 Å². The van der Waals surface area contributed by atoms with E-state index in [2.05, 4.69) is 5.32 Å². The first-order valence-electron chi connectivity index (χ1n) is 7.92. The third kappa shape index (κ3) is 4.31. The Hall–Kier alpha value is -2.09. The molecule has 3 atom stereocenters. The Bertz CT molecular complexity index is 676. The molecule has 1 fully saturated rings. The molecular formula is C17H21F3N2O3. The predicted molar refractivity (Wildman–Crippen MR) is 86.3 cm³/mol. The molecule has 25 heavy (non-hydrogen) atoms. The predicted octanol–water partition coefficient (Wildman–Crippen LogP) is 2.83. The minimum Gasteiger partial charge on any atom is -0.481 e. The first kappa shape index (κ1) is 19.2. The van der Waals surface area contributed by atoms with E-state index in [9.17, 15) is 22.8 Å². The Kier molecular flexibility index (Phi) is 5.41. The molecule has 1 saturated heterocycles. The lowest BCUT2D eigenvalue weighted by Gasteiger charge is -2.24. The molecule has 1 amide bonds. The smallest absolute Gasteiger partial charge is 0.393 e. The van der Waals surface area contributed by atoms with E-state index in [0.717, 1.165) is 11.1 Å². The van der Waals surface area contributed by atoms with E-state index >= 15 is 0 Å². The molecule has 138 valence electrons. The normalized spacial score (nSPS) is 22.6. The van der Waals surface area contributed by atoms with Crippen molar-refractivity contribution in [2.75, 3.05) is 18.4 Å². The van der Waals surface area contributed by atoms with Crippen LogP contribution in [0.3, 0.4) is 0 Å². The van der Waals surface area contributed by atoms with Gasteiger partial charge in [-0.25, -0.2) is 0 Å². The Morgan fingerprint density at radius 2 is 1.92 bits per heavy atom. The number of carbonyl (C=O) groups excluding carboxylic acids is 1. The lowest BCUT2D eigenvalue weighted by Crippen LogP contribution is -2.41. The van der Waals surface area contributed by atoms with E-state index in [1.54, 1.807) is 6.07 Å². The molecule has 1 aromatic rings. The van der Waals surface area contributed by atoms with Crippen molar-refractivity contribution in [3.63, 3.8) is 0 Å². The Morgan fingerprint density at radius 3 is 2.40 bits per heavy atom. The van der Waals surface area contributed by atoms with Crippen LogP contribution in [0.1, 0.15) is 18.1 Å². The summed E-state index contributed by atoms with van der Waals surface area (Å²) in [5.41, 5.74) is 2.46. The minimum atomic E-state index is -4.61. The van der Waals surface area contributed by atoms with Crippen molar-refractivity contribution in [3.05, 3.63) is 29.3 Å². The largest absolute Gasteiger partial charge is 0.481 e. The molecule has 0 radical (unpaired) electrons. The average molecular weight is 358 g/mol. The van der Waals surface area contributed by atoms with Crippen LogP contribution < -0.4 is 5.32 Å². The molecule has 1 aromatic carbocycles. The summed E-state index contributed by atoms with van der Waals surface area (Å²) in [6.07, 6.45) is -4.61. The van der Waals surface area contributed by atoms with Crippen molar-refractivity contribution in [1.82, 2.24) is 4.90 Å². The summed E-state index contributed by atoms with van der Waals surface area (Å²) in [6.45, 7) is 4.41. The zero-order valence-electron chi connectivity index (χ0n) is 14.2. The van der Waals surface area contributed by atoms with Gasteiger partial charge in [0.25, 0.3) is 0 Å². The number of alkyl halides is 3. The monoisotopic (exact) mass is 358 g/mol. The van der Waals surface area contributed by atoms with Gasteiger partial charge in [-0.3, -0.25) is 14.5 Å². The number of rotatable bonds is 4. The molecule has 1 aliphatic rings. The van der Waals surface area contributed by atoms with Crippen LogP contribution in [-0.4, -0.2) is 47.2 Å². The highest BCUT2D eigenvalue weighted by Gasteiger charge is 2.53. The van der Waals surface area contributed by atoms with Crippen LogP contribution in [-0.2, 0) is 9.59 Å². The highest BCUT2D eigenvalue weighted by atomic mass is 19.4. The second-order valence-electron chi connectivity index (χ2n) is 6.53. The first-order chi connectivity index (χ1) is 11.5. The second kappa shape index (κ2) is 7.03. The SMILES string of the molecule is Cc1ccc(NC(=O)C(C)N2C[C@@H](C(F)(F)F)[C@H](C(=O)O)C2)c(C)c1. The van der Waals surface area contributed by atoms with Crippen molar-refractivity contribution < 1.29 is 27.9 Å². The fraction of sp³-hybridized carbons (Fsp3) is 0.529. The zero-order chi connectivity index (χ0) is 18.9. The maximum atomic E-state index is 13.1. The van der Waals surface area contributed by atoms with Gasteiger partial charge in [0.05, 0.1) is 17.9 Å². The number of hydrogen-bond acceptors (Lipinski definition) is 3. The summed E-state index contributed by atoms with van der Waals surface area (Å²) in [4.78, 5) is 24.8. The number of carboxylic acids is 1. The Balaban J connectivity index is 2.10. The maximum Gasteiger partial charge on any atom is 0.393 e. The van der Waals surface area contributed by atoms with Crippen molar-refractivity contribution in [2.24, 2.45) is 11.8 Å². The van der Waals surface area contributed by atoms with Gasteiger partial charge in [0, 0.05) is 18.8 Å². The third-order valence-corrected chi connectivity index (χ3v) is 4.65. The van der Waals surface area contributed by atoms with Crippen LogP contribution in [0, 0.1) is 25.7 Å². The van der Waals surface area contributed by atoms with Gasteiger partial charge in [-0.15, -0.1) is 0 Å². The van der Waals surface area contributed by atoms with E-state index < -0.39 is 42.5 Å². The zero-order valence-corrected chi connectivity index (χ0v) is 14.2. The number of benzene rings is 1. The third-order valence-electron chi connectivity index (χ3n) is 4.65. The van der Waals surface area contributed by atoms with Gasteiger partial charge in [0.15, 0.2) is 0 Å². The van der Waals surface area contributed by atoms with Crippen LogP contribution in [0.25, 0.3) is 0 Å². The molecule has 0 saturated carbocycles. The number of aryl methyl sites for hydroxylation is 2. The molecule has 2 N–H and O–H groups in total. The lowest BCUT2D eigenvalue weighted by molar-refractivity contribution is -0.188. The molecule has 8 heteroatoms. The quantitative estimate of drug-likeness (QED) is 0.868. The molecule has 1 heterocycles. The van der Waals surface area contributed by atoms with Crippen LogP contribution >= 0.6 is 0 Å². The summed E-state index contributed by atoms with van der Waals surface area (Å²) < 4.78 is 39.2. The highest BCUT2D eigenvalue weighted by Crippen LogP contribution is 2.38. The number of aliphatic carboxylic acids is 1. The molecular weight excluding hydrogens is 337 g/mol.